The van der Waals surface area contributed by atoms with Crippen molar-refractivity contribution in [2.75, 3.05) is 0 Å². The summed E-state index contributed by atoms with van der Waals surface area (Å²) in [7, 11) is 0. The Hall–Kier alpha value is 0.147. The maximum Gasteiger partial charge on any atom is 2.00 e. The summed E-state index contributed by atoms with van der Waals surface area (Å²) in [4.78, 5) is 30.9. The summed E-state index contributed by atoms with van der Waals surface area (Å²) < 4.78 is 0. The van der Waals surface area contributed by atoms with Gasteiger partial charge in [-0.1, -0.05) is 290 Å². The van der Waals surface area contributed by atoms with Crippen molar-refractivity contribution < 1.29 is 63.9 Å². The third-order valence-electron chi connectivity index (χ3n) is 12.3. The first-order valence-corrected chi connectivity index (χ1v) is 27.2. The van der Waals surface area contributed by atoms with Crippen LogP contribution in [-0.4, -0.2) is 89.3 Å². The first kappa shape index (κ1) is 74.1. The molecule has 0 aromatic carbocycles. The molecule has 0 aliphatic rings. The zero-order valence-corrected chi connectivity index (χ0v) is 45.8. The Balaban J connectivity index is -0.000000273. The number of hydrogen-bond acceptors (Lipinski definition) is 9. The van der Waals surface area contributed by atoms with Gasteiger partial charge in [0.05, 0.1) is 36.2 Å². The number of carbonyl (C=O) groups excluding carboxylic acids is 3. The molecule has 0 aromatic rings. The van der Waals surface area contributed by atoms with Gasteiger partial charge in [-0.05, 0) is 19.3 Å². The molecule has 3 unspecified atom stereocenters. The average molecular weight is 945 g/mol. The number of aliphatic carboxylic acids is 3. The van der Waals surface area contributed by atoms with Crippen LogP contribution in [0, 0.1) is 0 Å². The molecule has 0 saturated heterocycles. The molecule has 0 aromatic heterocycles. The van der Waals surface area contributed by atoms with Crippen LogP contribution in [0.3, 0.4) is 0 Å². The molecule has 378 valence electrons. The van der Waals surface area contributed by atoms with Crippen LogP contribution < -0.4 is 34.2 Å². The van der Waals surface area contributed by atoms with Crippen LogP contribution in [0.4, 0.5) is 0 Å². The smallest absolute Gasteiger partial charge is 0.547 e. The predicted molar refractivity (Wildman–Crippen MR) is 264 cm³/mol. The number of aliphatic hydroxyl groups excluding tert-OH is 3. The summed E-state index contributed by atoms with van der Waals surface area (Å²) in [5, 5.41) is 58.1. The zero-order valence-electron chi connectivity index (χ0n) is 43.6. The third-order valence-corrected chi connectivity index (χ3v) is 12.3. The Kier molecular flexibility index (Phi) is 73.1. The Morgan fingerprint density at radius 2 is 0.385 bits per heavy atom. The minimum atomic E-state index is -1.34. The number of unbranched alkanes of at least 4 members (excludes halogenated alkanes) is 39. The quantitative estimate of drug-likeness (QED) is 0.0398. The molecule has 0 radical (unpaired) electrons. The summed E-state index contributed by atoms with van der Waals surface area (Å²) in [6, 6.07) is 0. The average Bonchev–Trinajstić information content (AvgIpc) is 3.26. The number of rotatable bonds is 48. The maximum atomic E-state index is 10.3. The molecule has 11 heteroatoms. The fourth-order valence-electron chi connectivity index (χ4n) is 7.95. The van der Waals surface area contributed by atoms with Gasteiger partial charge in [0, 0.05) is 0 Å². The van der Waals surface area contributed by atoms with E-state index in [-0.39, 0.29) is 56.6 Å². The van der Waals surface area contributed by atoms with Crippen LogP contribution in [0.15, 0.2) is 0 Å². The van der Waals surface area contributed by atoms with Crippen LogP contribution in [0.1, 0.15) is 310 Å². The summed E-state index contributed by atoms with van der Waals surface area (Å²) in [6.45, 7) is 6.77. The molecule has 0 spiro atoms. The van der Waals surface area contributed by atoms with Crippen molar-refractivity contribution in [3.05, 3.63) is 0 Å². The minimum absolute atomic E-state index is 0. The van der Waals surface area contributed by atoms with Crippen LogP contribution in [0.2, 0.25) is 0 Å². The first-order chi connectivity index (χ1) is 30.5. The molecule has 0 amide bonds. The van der Waals surface area contributed by atoms with Gasteiger partial charge in [-0.25, -0.2) is 0 Å². The van der Waals surface area contributed by atoms with Gasteiger partial charge < -0.3 is 45.0 Å². The van der Waals surface area contributed by atoms with E-state index in [9.17, 15) is 29.7 Å². The van der Waals surface area contributed by atoms with E-state index in [1.165, 1.54) is 212 Å². The Morgan fingerprint density at radius 3 is 0.492 bits per heavy atom. The van der Waals surface area contributed by atoms with Crippen molar-refractivity contribution in [1.29, 1.82) is 0 Å². The monoisotopic (exact) mass is 945 g/mol. The SMILES string of the molecule is CCCCCCCCCCCCCCCCC(O)C(=O)[O-].CCCCCCCCCCCCCCCCC(O)C(=O)[O-].CCCCCCCCCCCCCCCCC(O)C(=O)[O-].[Ca+2].[Li+]. The van der Waals surface area contributed by atoms with Crippen LogP contribution in [0.5, 0.6) is 0 Å². The van der Waals surface area contributed by atoms with Gasteiger partial charge in [0.15, 0.2) is 0 Å². The molecule has 0 bridgehead atoms. The molecule has 0 aliphatic carbocycles. The largest absolute Gasteiger partial charge is 2.00 e. The van der Waals surface area contributed by atoms with Gasteiger partial charge in [-0.2, -0.15) is 0 Å². The van der Waals surface area contributed by atoms with Crippen molar-refractivity contribution >= 4 is 55.6 Å². The number of carboxylic acids is 3. The van der Waals surface area contributed by atoms with E-state index in [2.05, 4.69) is 20.8 Å². The fraction of sp³-hybridized carbons (Fsp3) is 0.944. The standard InChI is InChI=1S/3C18H36O3.Ca.Li/c3*1-2-3-4-5-6-7-8-9-10-11-12-13-14-15-16-17(19)18(20)21;;/h3*17,19H,2-16H2,1H3,(H,20,21);;/q;;;+2;+1/p-3. The molecular weight excluding hydrogens is 840 g/mol. The van der Waals surface area contributed by atoms with E-state index in [1.54, 1.807) is 0 Å². The van der Waals surface area contributed by atoms with Crippen LogP contribution in [0.25, 0.3) is 0 Å². The van der Waals surface area contributed by atoms with Crippen molar-refractivity contribution in [2.45, 2.75) is 328 Å². The molecule has 0 fully saturated rings. The molecule has 0 saturated carbocycles. The van der Waals surface area contributed by atoms with Gasteiger partial charge >= 0.3 is 56.6 Å². The van der Waals surface area contributed by atoms with E-state index in [4.69, 9.17) is 15.3 Å². The van der Waals surface area contributed by atoms with Gasteiger partial charge in [-0.3, -0.25) is 0 Å². The van der Waals surface area contributed by atoms with Gasteiger partial charge in [-0.15, -0.1) is 0 Å². The second-order valence-corrected chi connectivity index (χ2v) is 18.7. The first-order valence-electron chi connectivity index (χ1n) is 27.2. The Labute approximate surface area is 444 Å². The molecule has 0 rings (SSSR count). The topological polar surface area (TPSA) is 181 Å². The molecule has 3 atom stereocenters. The van der Waals surface area contributed by atoms with E-state index in [1.807, 2.05) is 0 Å². The van der Waals surface area contributed by atoms with E-state index < -0.39 is 36.2 Å². The van der Waals surface area contributed by atoms with Crippen molar-refractivity contribution in [2.24, 2.45) is 0 Å². The predicted octanol–water partition coefficient (Wildman–Crippen LogP) is 8.53. The van der Waals surface area contributed by atoms with E-state index >= 15 is 0 Å². The third kappa shape index (κ3) is 68.5. The van der Waals surface area contributed by atoms with Gasteiger partial charge in [0.2, 0.25) is 0 Å². The Morgan fingerprint density at radius 1 is 0.277 bits per heavy atom. The minimum Gasteiger partial charge on any atom is -0.547 e. The van der Waals surface area contributed by atoms with E-state index in [0.29, 0.717) is 19.3 Å². The second-order valence-electron chi connectivity index (χ2n) is 18.7. The van der Waals surface area contributed by atoms with Crippen LogP contribution in [-0.2, 0) is 14.4 Å². The Bertz CT molecular complexity index is 815. The molecule has 65 heavy (non-hydrogen) atoms. The molecule has 9 nitrogen and oxygen atoms in total. The van der Waals surface area contributed by atoms with E-state index in [0.717, 1.165) is 57.8 Å². The van der Waals surface area contributed by atoms with Gasteiger partial charge in [0.25, 0.3) is 0 Å². The second kappa shape index (κ2) is 64.1. The summed E-state index contributed by atoms with van der Waals surface area (Å²) in [6.07, 6.45) is 50.8. The number of aliphatic hydroxyl groups is 3. The number of hydrogen-bond donors (Lipinski definition) is 3. The fourth-order valence-corrected chi connectivity index (χ4v) is 7.95. The molecule has 3 N–H and O–H groups in total. The van der Waals surface area contributed by atoms with Gasteiger partial charge in [0.1, 0.15) is 0 Å². The van der Waals surface area contributed by atoms with Crippen molar-refractivity contribution in [3.8, 4) is 0 Å². The molecule has 0 aliphatic heterocycles. The summed E-state index contributed by atoms with van der Waals surface area (Å²) in [5.41, 5.74) is 0. The normalized spacial score (nSPS) is 12.1. The van der Waals surface area contributed by atoms with Crippen molar-refractivity contribution in [3.63, 3.8) is 0 Å². The number of carboxylic acid groups (broad SMARTS) is 3. The number of carbonyl (C=O) groups is 3. The van der Waals surface area contributed by atoms with Crippen LogP contribution >= 0.6 is 0 Å². The zero-order chi connectivity index (χ0) is 47.3. The van der Waals surface area contributed by atoms with Crippen molar-refractivity contribution in [1.82, 2.24) is 0 Å². The molecular formula is C54H105CaLiO9. The summed E-state index contributed by atoms with van der Waals surface area (Å²) in [5.74, 6) is -4.03. The summed E-state index contributed by atoms with van der Waals surface area (Å²) >= 11 is 0. The maximum absolute atomic E-state index is 10.3. The molecule has 0 heterocycles.